The zero-order chi connectivity index (χ0) is 33.6. The second-order valence-electron chi connectivity index (χ2n) is 12.6. The number of benzene rings is 4. The quantitative estimate of drug-likeness (QED) is 0.154. The van der Waals surface area contributed by atoms with Crippen molar-refractivity contribution >= 4 is 25.3 Å². The summed E-state index contributed by atoms with van der Waals surface area (Å²) >= 11 is -7.43. The first kappa shape index (κ1) is 32.9. The molecular weight excluding hydrogens is 733 g/mol. The molecule has 0 amide bonds. The van der Waals surface area contributed by atoms with Crippen molar-refractivity contribution < 1.29 is 45.5 Å². The average Bonchev–Trinajstić information content (AvgIpc) is 3.28. The summed E-state index contributed by atoms with van der Waals surface area (Å²) in [5.74, 6) is 0. The van der Waals surface area contributed by atoms with Crippen molar-refractivity contribution in [3.63, 3.8) is 0 Å². The van der Waals surface area contributed by atoms with E-state index in [2.05, 4.69) is 0 Å². The van der Waals surface area contributed by atoms with Gasteiger partial charge in [-0.25, -0.2) is 0 Å². The Morgan fingerprint density at radius 1 is 0.565 bits per heavy atom. The summed E-state index contributed by atoms with van der Waals surface area (Å²) in [5.41, 5.74) is -10.1. The van der Waals surface area contributed by atoms with Gasteiger partial charge in [0, 0.05) is 0 Å². The monoisotopic (exact) mass is 760 g/mol. The van der Waals surface area contributed by atoms with Gasteiger partial charge in [-0.3, -0.25) is 0 Å². The Balaban J connectivity index is 1.84. The molecule has 0 aromatic heterocycles. The molecule has 2 nitrogen and oxygen atoms in total. The Bertz CT molecular complexity index is 1750. The molecule has 2 aliphatic heterocycles. The van der Waals surface area contributed by atoms with Crippen LogP contribution in [-0.2, 0) is 22.6 Å². The van der Waals surface area contributed by atoms with E-state index in [0.717, 1.165) is 24.3 Å². The summed E-state index contributed by atoms with van der Waals surface area (Å²) in [6, 6.07) is 22.5. The Kier molecular flexibility index (Phi) is 7.15. The molecule has 2 unspecified atom stereocenters. The van der Waals surface area contributed by atoms with E-state index in [-0.39, 0.29) is 9.07 Å². The Morgan fingerprint density at radius 2 is 1.07 bits per heavy atom. The van der Waals surface area contributed by atoms with Crippen molar-refractivity contribution in [3.05, 3.63) is 131 Å². The van der Waals surface area contributed by atoms with E-state index in [9.17, 15) is 0 Å². The summed E-state index contributed by atoms with van der Waals surface area (Å²) in [7, 11) is 0. The molecule has 0 saturated carbocycles. The van der Waals surface area contributed by atoms with Crippen LogP contribution < -0.4 is 7.02 Å². The normalized spacial score (nSPS) is 24.4. The van der Waals surface area contributed by atoms with Gasteiger partial charge in [-0.1, -0.05) is 0 Å². The number of alkyl halides is 9. The number of halogens is 9. The minimum atomic E-state index is -7.43. The molecule has 0 aliphatic carbocycles. The molecule has 0 bridgehead atoms. The van der Waals surface area contributed by atoms with Crippen molar-refractivity contribution in [1.29, 1.82) is 0 Å². The van der Waals surface area contributed by atoms with Crippen molar-refractivity contribution in [3.8, 4) is 0 Å². The summed E-state index contributed by atoms with van der Waals surface area (Å²) in [5, 5.41) is 0. The van der Waals surface area contributed by atoms with Crippen molar-refractivity contribution in [2.75, 3.05) is 0 Å². The van der Waals surface area contributed by atoms with Gasteiger partial charge in [0.1, 0.15) is 0 Å². The van der Waals surface area contributed by atoms with Gasteiger partial charge in [-0.05, 0) is 0 Å². The second kappa shape index (κ2) is 10.0. The third kappa shape index (κ3) is 4.06. The first-order chi connectivity index (χ1) is 21.3. The maximum atomic E-state index is 15.8. The maximum absolute atomic E-state index is 15.8. The molecule has 6 rings (SSSR count). The van der Waals surface area contributed by atoms with Crippen molar-refractivity contribution in [1.82, 2.24) is 0 Å². The van der Waals surface area contributed by atoms with Gasteiger partial charge in [-0.15, -0.1) is 0 Å². The predicted octanol–water partition coefficient (Wildman–Crippen LogP) is 8.66. The van der Waals surface area contributed by atoms with Crippen LogP contribution >= 0.6 is 0 Å². The van der Waals surface area contributed by atoms with E-state index >= 15 is 39.5 Å². The zero-order valence-corrected chi connectivity index (χ0v) is 27.2. The van der Waals surface area contributed by atoms with Crippen LogP contribution in [0.15, 0.2) is 109 Å². The van der Waals surface area contributed by atoms with Gasteiger partial charge in [0.15, 0.2) is 0 Å². The first-order valence-electron chi connectivity index (χ1n) is 14.2. The Hall–Kier alpha value is -3.01. The summed E-state index contributed by atoms with van der Waals surface area (Å²) < 4.78 is 147. The van der Waals surface area contributed by atoms with Crippen molar-refractivity contribution in [2.45, 2.75) is 59.8 Å². The minimum absolute atomic E-state index is 0.161. The average molecular weight is 761 g/mol. The number of fused-ring (bicyclic) bond motifs is 2. The van der Waals surface area contributed by atoms with Gasteiger partial charge in [0.05, 0.1) is 0 Å². The standard InChI is InChI=1S/C15H11F3O.C10H13.C9H4F6O.Sb/c16-15(17,18)14(19,13-9-5-2-6-10-13)11-12-7-3-1-4-8-12;1-10(2,3)9-7-5-4-6-8-9;10-8(11,12)7(16,9(13,14)15)6-4-2-1-3-5-6;/h1-11H;5-8H,1-3H3;1-4H;/q-1;;-1;+2. The van der Waals surface area contributed by atoms with E-state index in [1.54, 1.807) is 0 Å². The van der Waals surface area contributed by atoms with E-state index in [0.29, 0.717) is 11.6 Å². The van der Waals surface area contributed by atoms with Crippen LogP contribution in [0.2, 0.25) is 0 Å². The SMILES string of the molecule is CC(C)(C)c1cc[c]([Sb]23([O]C(c4ccccc4)(C(F)(F)F)[CH]2c2ccccc2)[O]C(C(F)(F)F)(C(F)(F)F)c2cccc[c]23)cc1. The Morgan fingerprint density at radius 3 is 1.57 bits per heavy atom. The fourth-order valence-electron chi connectivity index (χ4n) is 7.05. The molecule has 46 heavy (non-hydrogen) atoms. The van der Waals surface area contributed by atoms with Gasteiger partial charge in [0.25, 0.3) is 0 Å². The van der Waals surface area contributed by atoms with Crippen molar-refractivity contribution in [2.24, 2.45) is 0 Å². The number of hydrogen-bond donors (Lipinski definition) is 0. The fourth-order valence-corrected chi connectivity index (χ4v) is 25.8. The van der Waals surface area contributed by atoms with Crippen LogP contribution in [0, 0.1) is 0 Å². The summed E-state index contributed by atoms with van der Waals surface area (Å²) in [4.78, 5) is 0. The van der Waals surface area contributed by atoms with Gasteiger partial charge >= 0.3 is 262 Å². The molecule has 1 saturated heterocycles. The van der Waals surface area contributed by atoms with Crippen LogP contribution in [0.4, 0.5) is 39.5 Å². The van der Waals surface area contributed by atoms with Gasteiger partial charge in [0.2, 0.25) is 0 Å². The molecule has 1 spiro atoms. The van der Waals surface area contributed by atoms with Crippen LogP contribution in [0.1, 0.15) is 46.9 Å². The molecule has 1 fully saturated rings. The zero-order valence-electron chi connectivity index (χ0n) is 24.6. The fraction of sp³-hybridized carbons (Fsp3) is 0.294. The van der Waals surface area contributed by atoms with Crippen LogP contribution in [0.25, 0.3) is 0 Å². The van der Waals surface area contributed by atoms with E-state index in [1.165, 1.54) is 78.9 Å². The second-order valence-corrected chi connectivity index (χ2v) is 23.8. The molecule has 2 atom stereocenters. The topological polar surface area (TPSA) is 18.5 Å². The van der Waals surface area contributed by atoms with Crippen LogP contribution in [0.5, 0.6) is 0 Å². The third-order valence-corrected chi connectivity index (χ3v) is 24.6. The van der Waals surface area contributed by atoms with Gasteiger partial charge in [-0.2, -0.15) is 0 Å². The van der Waals surface area contributed by atoms with E-state index in [1.807, 2.05) is 20.8 Å². The Labute approximate surface area is 261 Å². The molecule has 0 N–H and O–H groups in total. The van der Waals surface area contributed by atoms with Crippen LogP contribution in [-0.4, -0.2) is 36.8 Å². The van der Waals surface area contributed by atoms with E-state index in [4.69, 9.17) is 6.03 Å². The van der Waals surface area contributed by atoms with Crippen LogP contribution in [0.3, 0.4) is 0 Å². The van der Waals surface area contributed by atoms with Gasteiger partial charge < -0.3 is 0 Å². The summed E-state index contributed by atoms with van der Waals surface area (Å²) in [6.07, 6.45) is -17.6. The van der Waals surface area contributed by atoms with E-state index < -0.39 is 71.9 Å². The molecule has 0 radical (unpaired) electrons. The molecule has 244 valence electrons. The molecule has 4 aromatic carbocycles. The predicted molar refractivity (Wildman–Crippen MR) is 156 cm³/mol. The molecule has 2 aliphatic rings. The number of rotatable bonds is 3. The first-order valence-corrected chi connectivity index (χ1v) is 20.3. The number of hydrogen-bond acceptors (Lipinski definition) is 2. The molecule has 2 heterocycles. The molecule has 4 aromatic rings. The third-order valence-electron chi connectivity index (χ3n) is 9.00. The molecule has 12 heteroatoms. The summed E-state index contributed by atoms with van der Waals surface area (Å²) in [6.45, 7) is 5.53. The molecular formula is C34H28F9O2Sb.